The summed E-state index contributed by atoms with van der Waals surface area (Å²) >= 11 is 0. The Bertz CT molecular complexity index is 547. The molecule has 0 saturated carbocycles. The number of aryl methyl sites for hydroxylation is 1. The third-order valence-corrected chi connectivity index (χ3v) is 3.21. The van der Waals surface area contributed by atoms with Gasteiger partial charge in [0.25, 0.3) is 0 Å². The van der Waals surface area contributed by atoms with Gasteiger partial charge in [0.05, 0.1) is 6.33 Å². The molecule has 0 atom stereocenters. The van der Waals surface area contributed by atoms with Crippen molar-refractivity contribution >= 4 is 5.84 Å². The van der Waals surface area contributed by atoms with E-state index in [0.717, 1.165) is 31.6 Å². The second-order valence-electron chi connectivity index (χ2n) is 5.01. The minimum Gasteiger partial charge on any atom is -0.384 e. The molecular formula is C15H21N5. The summed E-state index contributed by atoms with van der Waals surface area (Å²) in [6.45, 7) is 2.87. The highest BCUT2D eigenvalue weighted by Crippen LogP contribution is 2.07. The van der Waals surface area contributed by atoms with Crippen molar-refractivity contribution in [2.24, 2.45) is 5.73 Å². The number of benzene rings is 1. The van der Waals surface area contributed by atoms with Crippen LogP contribution in [0, 0.1) is 5.41 Å². The molecule has 5 nitrogen and oxygen atoms in total. The number of hydrogen-bond donors (Lipinski definition) is 2. The van der Waals surface area contributed by atoms with Gasteiger partial charge in [0, 0.05) is 31.0 Å². The molecule has 2 aromatic rings. The Morgan fingerprint density at radius 3 is 3.00 bits per heavy atom. The molecule has 0 unspecified atom stereocenters. The second-order valence-corrected chi connectivity index (χ2v) is 5.01. The highest BCUT2D eigenvalue weighted by atomic mass is 15.1. The fourth-order valence-electron chi connectivity index (χ4n) is 2.17. The lowest BCUT2D eigenvalue weighted by molar-refractivity contribution is 0.314. The second kappa shape index (κ2) is 6.86. The molecule has 0 radical (unpaired) electrons. The van der Waals surface area contributed by atoms with Gasteiger partial charge in [-0.2, -0.15) is 0 Å². The zero-order chi connectivity index (χ0) is 14.4. The molecular weight excluding hydrogens is 250 g/mol. The molecule has 20 heavy (non-hydrogen) atoms. The first-order valence-electron chi connectivity index (χ1n) is 6.73. The molecule has 0 aliphatic rings. The van der Waals surface area contributed by atoms with Crippen molar-refractivity contribution in [1.29, 1.82) is 5.41 Å². The van der Waals surface area contributed by atoms with Gasteiger partial charge in [-0.1, -0.05) is 18.2 Å². The SMILES string of the molecule is CN(CCCn1ccnc1)Cc1cccc(C(=N)N)c1. The van der Waals surface area contributed by atoms with Crippen molar-refractivity contribution in [3.8, 4) is 0 Å². The van der Waals surface area contributed by atoms with Gasteiger partial charge in [-0.05, 0) is 31.6 Å². The lowest BCUT2D eigenvalue weighted by atomic mass is 10.1. The average molecular weight is 271 g/mol. The lowest BCUT2D eigenvalue weighted by Crippen LogP contribution is -2.20. The van der Waals surface area contributed by atoms with E-state index in [2.05, 4.69) is 27.6 Å². The van der Waals surface area contributed by atoms with Crippen molar-refractivity contribution in [3.63, 3.8) is 0 Å². The molecule has 2 rings (SSSR count). The van der Waals surface area contributed by atoms with Gasteiger partial charge in [0.1, 0.15) is 5.84 Å². The van der Waals surface area contributed by atoms with Gasteiger partial charge in [-0.15, -0.1) is 0 Å². The summed E-state index contributed by atoms with van der Waals surface area (Å²) in [6, 6.07) is 7.86. The van der Waals surface area contributed by atoms with E-state index >= 15 is 0 Å². The molecule has 0 amide bonds. The van der Waals surface area contributed by atoms with Gasteiger partial charge in [0.15, 0.2) is 0 Å². The van der Waals surface area contributed by atoms with E-state index in [4.69, 9.17) is 11.1 Å². The highest BCUT2D eigenvalue weighted by Gasteiger charge is 2.03. The Labute approximate surface area is 119 Å². The molecule has 0 spiro atoms. The fraction of sp³-hybridized carbons (Fsp3) is 0.333. The topological polar surface area (TPSA) is 70.9 Å². The monoisotopic (exact) mass is 271 g/mol. The number of hydrogen-bond acceptors (Lipinski definition) is 3. The van der Waals surface area contributed by atoms with E-state index in [1.807, 2.05) is 30.7 Å². The third-order valence-electron chi connectivity index (χ3n) is 3.21. The lowest BCUT2D eigenvalue weighted by Gasteiger charge is -2.17. The number of nitrogens with zero attached hydrogens (tertiary/aromatic N) is 3. The molecule has 3 N–H and O–H groups in total. The van der Waals surface area contributed by atoms with Crippen LogP contribution >= 0.6 is 0 Å². The number of aromatic nitrogens is 2. The summed E-state index contributed by atoms with van der Waals surface area (Å²) in [6.07, 6.45) is 6.71. The molecule has 0 saturated heterocycles. The van der Waals surface area contributed by atoms with Crippen LogP contribution < -0.4 is 5.73 Å². The molecule has 0 aliphatic carbocycles. The smallest absolute Gasteiger partial charge is 0.122 e. The Morgan fingerprint density at radius 1 is 1.45 bits per heavy atom. The van der Waals surface area contributed by atoms with E-state index in [1.165, 1.54) is 5.56 Å². The zero-order valence-corrected chi connectivity index (χ0v) is 11.8. The molecule has 1 aromatic carbocycles. The van der Waals surface area contributed by atoms with E-state index in [-0.39, 0.29) is 5.84 Å². The third kappa shape index (κ3) is 4.20. The first-order chi connectivity index (χ1) is 9.65. The number of amidine groups is 1. The first kappa shape index (κ1) is 14.3. The maximum atomic E-state index is 7.46. The van der Waals surface area contributed by atoms with Gasteiger partial charge in [-0.3, -0.25) is 5.41 Å². The van der Waals surface area contributed by atoms with Gasteiger partial charge in [0.2, 0.25) is 0 Å². The number of rotatable bonds is 7. The van der Waals surface area contributed by atoms with Crippen LogP contribution in [0.25, 0.3) is 0 Å². The fourth-order valence-corrected chi connectivity index (χ4v) is 2.17. The minimum atomic E-state index is 0.120. The number of nitrogens with two attached hydrogens (primary N) is 1. The van der Waals surface area contributed by atoms with E-state index in [0.29, 0.717) is 0 Å². The minimum absolute atomic E-state index is 0.120. The summed E-state index contributed by atoms with van der Waals surface area (Å²) in [7, 11) is 2.11. The summed E-state index contributed by atoms with van der Waals surface area (Å²) < 4.78 is 2.09. The van der Waals surface area contributed by atoms with Crippen molar-refractivity contribution in [3.05, 3.63) is 54.1 Å². The summed E-state index contributed by atoms with van der Waals surface area (Å²) in [5, 5.41) is 7.46. The maximum Gasteiger partial charge on any atom is 0.122 e. The highest BCUT2D eigenvalue weighted by molar-refractivity contribution is 5.95. The number of nitrogens with one attached hydrogen (secondary N) is 1. The molecule has 5 heteroatoms. The van der Waals surface area contributed by atoms with Crippen molar-refractivity contribution < 1.29 is 0 Å². The quantitative estimate of drug-likeness (QED) is 0.594. The molecule has 0 bridgehead atoms. The predicted molar refractivity (Wildman–Crippen MR) is 80.6 cm³/mol. The van der Waals surface area contributed by atoms with Crippen molar-refractivity contribution in [1.82, 2.24) is 14.5 Å². The molecule has 0 aliphatic heterocycles. The van der Waals surface area contributed by atoms with Crippen molar-refractivity contribution in [2.75, 3.05) is 13.6 Å². The summed E-state index contributed by atoms with van der Waals surface area (Å²) in [4.78, 5) is 6.31. The van der Waals surface area contributed by atoms with E-state index in [9.17, 15) is 0 Å². The standard InChI is InChI=1S/C15H21N5/c1-19(7-3-8-20-9-6-18-12-20)11-13-4-2-5-14(10-13)15(16)17/h2,4-6,9-10,12H,3,7-8,11H2,1H3,(H3,16,17). The van der Waals surface area contributed by atoms with Crippen LogP contribution in [0.1, 0.15) is 17.5 Å². The molecule has 1 heterocycles. The van der Waals surface area contributed by atoms with Crippen LogP contribution in [-0.4, -0.2) is 33.9 Å². The zero-order valence-electron chi connectivity index (χ0n) is 11.8. The Morgan fingerprint density at radius 2 is 2.30 bits per heavy atom. The number of nitrogen functional groups attached to an aromatic ring is 1. The van der Waals surface area contributed by atoms with Crippen molar-refractivity contribution in [2.45, 2.75) is 19.5 Å². The van der Waals surface area contributed by atoms with Crippen LogP contribution in [0.5, 0.6) is 0 Å². The predicted octanol–water partition coefficient (Wildman–Crippen LogP) is 1.69. The largest absolute Gasteiger partial charge is 0.384 e. The summed E-state index contributed by atoms with van der Waals surface area (Å²) in [5.74, 6) is 0.120. The first-order valence-corrected chi connectivity index (χ1v) is 6.73. The Hall–Kier alpha value is -2.14. The van der Waals surface area contributed by atoms with Gasteiger partial charge < -0.3 is 15.2 Å². The van der Waals surface area contributed by atoms with Crippen LogP contribution in [0.4, 0.5) is 0 Å². The van der Waals surface area contributed by atoms with Crippen LogP contribution in [0.3, 0.4) is 0 Å². The summed E-state index contributed by atoms with van der Waals surface area (Å²) in [5.41, 5.74) is 7.48. The Kier molecular flexibility index (Phi) is 4.90. The maximum absolute atomic E-state index is 7.46. The van der Waals surface area contributed by atoms with Gasteiger partial charge >= 0.3 is 0 Å². The molecule has 106 valence electrons. The molecule has 1 aromatic heterocycles. The van der Waals surface area contributed by atoms with Crippen LogP contribution in [0.2, 0.25) is 0 Å². The molecule has 0 fully saturated rings. The van der Waals surface area contributed by atoms with E-state index in [1.54, 1.807) is 6.20 Å². The Balaban J connectivity index is 1.80. The van der Waals surface area contributed by atoms with Crippen LogP contribution in [-0.2, 0) is 13.1 Å². The van der Waals surface area contributed by atoms with Crippen LogP contribution in [0.15, 0.2) is 43.0 Å². The average Bonchev–Trinajstić information content (AvgIpc) is 2.92. The number of imidazole rings is 1. The van der Waals surface area contributed by atoms with Gasteiger partial charge in [-0.25, -0.2) is 4.98 Å². The normalized spacial score (nSPS) is 10.9. The van der Waals surface area contributed by atoms with E-state index < -0.39 is 0 Å².